The summed E-state index contributed by atoms with van der Waals surface area (Å²) in [5, 5.41) is 16.2. The Balaban J connectivity index is 2.06. The standard InChI is InChI=1S/C18H17F3N6/c19-18(20,21)17(24)11(6-22)16-10-5-8(23)1-2-9(10)15-12-7-25-27-13(12)3-4-14(15)26-16/h3-4,6-8,24H,1-2,5,22-23H2,(H,25,27)/b11-6-,24-17?. The van der Waals surface area contributed by atoms with Gasteiger partial charge in [-0.25, -0.2) is 4.98 Å². The van der Waals surface area contributed by atoms with Crippen LogP contribution in [0.15, 0.2) is 24.5 Å². The Morgan fingerprint density at radius 1 is 1.30 bits per heavy atom. The third kappa shape index (κ3) is 2.74. The number of H-pyrrole nitrogens is 1. The van der Waals surface area contributed by atoms with Crippen molar-refractivity contribution in [1.82, 2.24) is 15.2 Å². The minimum absolute atomic E-state index is 0.0836. The predicted molar refractivity (Wildman–Crippen MR) is 97.3 cm³/mol. The molecule has 1 atom stereocenters. The number of fused-ring (bicyclic) bond motifs is 5. The molecule has 0 saturated heterocycles. The second kappa shape index (κ2) is 6.05. The third-order valence-electron chi connectivity index (χ3n) is 4.99. The van der Waals surface area contributed by atoms with E-state index in [9.17, 15) is 13.2 Å². The molecule has 3 aromatic rings. The number of nitrogens with one attached hydrogen (secondary N) is 2. The average molecular weight is 374 g/mol. The molecule has 2 aromatic heterocycles. The molecule has 9 heteroatoms. The number of allylic oxidation sites excluding steroid dienone is 1. The fourth-order valence-corrected chi connectivity index (χ4v) is 3.74. The van der Waals surface area contributed by atoms with E-state index in [-0.39, 0.29) is 11.7 Å². The van der Waals surface area contributed by atoms with Gasteiger partial charge in [0.25, 0.3) is 0 Å². The second-order valence-electron chi connectivity index (χ2n) is 6.66. The van der Waals surface area contributed by atoms with Crippen molar-refractivity contribution in [2.24, 2.45) is 11.5 Å². The molecule has 0 radical (unpaired) electrons. The second-order valence-corrected chi connectivity index (χ2v) is 6.66. The first-order valence-electron chi connectivity index (χ1n) is 8.42. The van der Waals surface area contributed by atoms with E-state index < -0.39 is 17.5 Å². The highest BCUT2D eigenvalue weighted by molar-refractivity contribution is 6.25. The molecule has 1 unspecified atom stereocenters. The average Bonchev–Trinajstić information content (AvgIpc) is 3.10. The molecule has 27 heavy (non-hydrogen) atoms. The van der Waals surface area contributed by atoms with Gasteiger partial charge in [-0.3, -0.25) is 10.5 Å². The van der Waals surface area contributed by atoms with E-state index in [1.165, 1.54) is 0 Å². The maximum Gasteiger partial charge on any atom is 0.433 e. The van der Waals surface area contributed by atoms with E-state index in [4.69, 9.17) is 16.9 Å². The molecule has 0 fully saturated rings. The SMILES string of the molecule is N=C(/C(=C\N)c1nc2ccc3[nH]ncc3c2c2c1CC(N)CC2)C(F)(F)F. The minimum atomic E-state index is -4.82. The molecule has 6 nitrogen and oxygen atoms in total. The lowest BCUT2D eigenvalue weighted by Gasteiger charge is -2.26. The van der Waals surface area contributed by atoms with Gasteiger partial charge in [0.1, 0.15) is 5.71 Å². The highest BCUT2D eigenvalue weighted by Crippen LogP contribution is 2.37. The van der Waals surface area contributed by atoms with Crippen LogP contribution in [0, 0.1) is 5.41 Å². The van der Waals surface area contributed by atoms with Gasteiger partial charge in [-0.15, -0.1) is 0 Å². The van der Waals surface area contributed by atoms with Gasteiger partial charge in [0.2, 0.25) is 0 Å². The number of hydrogen-bond donors (Lipinski definition) is 4. The van der Waals surface area contributed by atoms with Crippen LogP contribution in [0.4, 0.5) is 13.2 Å². The summed E-state index contributed by atoms with van der Waals surface area (Å²) in [6.45, 7) is 0. The number of rotatable bonds is 2. The van der Waals surface area contributed by atoms with Crippen LogP contribution >= 0.6 is 0 Å². The van der Waals surface area contributed by atoms with Crippen molar-refractivity contribution < 1.29 is 13.2 Å². The number of halogens is 3. The topological polar surface area (TPSA) is 117 Å². The summed E-state index contributed by atoms with van der Waals surface area (Å²) in [5.41, 5.74) is 12.6. The Bertz CT molecular complexity index is 1100. The number of pyridine rings is 1. The van der Waals surface area contributed by atoms with Gasteiger partial charge in [-0.05, 0) is 42.5 Å². The Morgan fingerprint density at radius 2 is 2.07 bits per heavy atom. The number of aromatic nitrogens is 3. The first-order chi connectivity index (χ1) is 12.8. The van der Waals surface area contributed by atoms with E-state index in [2.05, 4.69) is 15.2 Å². The first kappa shape index (κ1) is 17.5. The van der Waals surface area contributed by atoms with Gasteiger partial charge in [0.05, 0.1) is 22.9 Å². The maximum atomic E-state index is 13.2. The molecule has 6 N–H and O–H groups in total. The Labute approximate surface area is 151 Å². The molecule has 1 aliphatic carbocycles. The predicted octanol–water partition coefficient (Wildman–Crippen LogP) is 2.81. The molecule has 1 aromatic carbocycles. The maximum absolute atomic E-state index is 13.2. The van der Waals surface area contributed by atoms with Crippen molar-refractivity contribution in [2.45, 2.75) is 31.5 Å². The van der Waals surface area contributed by atoms with Crippen LogP contribution in [0.5, 0.6) is 0 Å². The summed E-state index contributed by atoms with van der Waals surface area (Å²) in [5.74, 6) is 0. The number of hydrogen-bond acceptors (Lipinski definition) is 5. The van der Waals surface area contributed by atoms with Gasteiger partial charge in [-0.1, -0.05) is 0 Å². The van der Waals surface area contributed by atoms with E-state index >= 15 is 0 Å². The van der Waals surface area contributed by atoms with E-state index in [0.29, 0.717) is 23.9 Å². The minimum Gasteiger partial charge on any atom is -0.404 e. The largest absolute Gasteiger partial charge is 0.433 e. The van der Waals surface area contributed by atoms with E-state index in [0.717, 1.165) is 34.5 Å². The highest BCUT2D eigenvalue weighted by atomic mass is 19.4. The normalized spacial score (nSPS) is 18.1. The van der Waals surface area contributed by atoms with Crippen molar-refractivity contribution in [3.63, 3.8) is 0 Å². The Kier molecular flexibility index (Phi) is 3.92. The number of alkyl halides is 3. The van der Waals surface area contributed by atoms with Gasteiger partial charge in [0.15, 0.2) is 0 Å². The summed E-state index contributed by atoms with van der Waals surface area (Å²) in [6.07, 6.45) is -0.613. The van der Waals surface area contributed by atoms with E-state index in [1.807, 2.05) is 0 Å². The van der Waals surface area contributed by atoms with Gasteiger partial charge in [-0.2, -0.15) is 18.3 Å². The van der Waals surface area contributed by atoms with Crippen LogP contribution in [0.1, 0.15) is 23.2 Å². The highest BCUT2D eigenvalue weighted by Gasteiger charge is 2.39. The molecule has 4 rings (SSSR count). The van der Waals surface area contributed by atoms with Crippen LogP contribution in [0.25, 0.3) is 27.4 Å². The summed E-state index contributed by atoms with van der Waals surface area (Å²) < 4.78 is 39.5. The monoisotopic (exact) mass is 374 g/mol. The molecule has 0 saturated carbocycles. The van der Waals surface area contributed by atoms with Crippen molar-refractivity contribution in [3.8, 4) is 0 Å². The molecule has 0 spiro atoms. The zero-order chi connectivity index (χ0) is 19.3. The van der Waals surface area contributed by atoms with Gasteiger partial charge >= 0.3 is 6.18 Å². The smallest absolute Gasteiger partial charge is 0.404 e. The fourth-order valence-electron chi connectivity index (χ4n) is 3.74. The molecule has 0 bridgehead atoms. The van der Waals surface area contributed by atoms with Crippen LogP contribution in [-0.2, 0) is 12.8 Å². The lowest BCUT2D eigenvalue weighted by molar-refractivity contribution is -0.0578. The van der Waals surface area contributed by atoms with Crippen LogP contribution in [-0.4, -0.2) is 33.1 Å². The van der Waals surface area contributed by atoms with E-state index in [1.54, 1.807) is 18.3 Å². The molecule has 0 amide bonds. The third-order valence-corrected chi connectivity index (χ3v) is 4.99. The van der Waals surface area contributed by atoms with Crippen LogP contribution in [0.3, 0.4) is 0 Å². The lowest BCUT2D eigenvalue weighted by atomic mass is 9.83. The number of benzene rings is 1. The summed E-state index contributed by atoms with van der Waals surface area (Å²) in [6, 6.07) is 3.33. The summed E-state index contributed by atoms with van der Waals surface area (Å²) in [4.78, 5) is 4.47. The molecular formula is C18H17F3N6. The van der Waals surface area contributed by atoms with Crippen molar-refractivity contribution in [2.75, 3.05) is 0 Å². The Morgan fingerprint density at radius 3 is 2.78 bits per heavy atom. The van der Waals surface area contributed by atoms with Crippen molar-refractivity contribution >= 4 is 33.1 Å². The number of nitrogens with zero attached hydrogens (tertiary/aromatic N) is 2. The zero-order valence-electron chi connectivity index (χ0n) is 14.2. The molecule has 2 heterocycles. The van der Waals surface area contributed by atoms with Gasteiger partial charge < -0.3 is 11.5 Å². The molecule has 140 valence electrons. The lowest BCUT2D eigenvalue weighted by Crippen LogP contribution is -2.31. The van der Waals surface area contributed by atoms with Crippen molar-refractivity contribution in [3.05, 3.63) is 41.4 Å². The van der Waals surface area contributed by atoms with Crippen LogP contribution in [0.2, 0.25) is 0 Å². The fraction of sp³-hybridized carbons (Fsp3) is 0.278. The summed E-state index contributed by atoms with van der Waals surface area (Å²) in [7, 11) is 0. The quantitative estimate of drug-likeness (QED) is 0.516. The van der Waals surface area contributed by atoms with Gasteiger partial charge in [0, 0.05) is 28.6 Å². The first-order valence-corrected chi connectivity index (χ1v) is 8.42. The molecule has 1 aliphatic rings. The van der Waals surface area contributed by atoms with Crippen molar-refractivity contribution in [1.29, 1.82) is 5.41 Å². The zero-order valence-corrected chi connectivity index (χ0v) is 14.2. The molecular weight excluding hydrogens is 357 g/mol. The Hall–Kier alpha value is -2.94. The number of aryl methyl sites for hydroxylation is 1. The number of aromatic amines is 1. The number of nitrogens with two attached hydrogens (primary N) is 2. The van der Waals surface area contributed by atoms with Crippen LogP contribution < -0.4 is 11.5 Å². The summed E-state index contributed by atoms with van der Waals surface area (Å²) >= 11 is 0. The molecule has 0 aliphatic heterocycles.